The van der Waals surface area contributed by atoms with Gasteiger partial charge in [-0.25, -0.2) is 9.97 Å². The summed E-state index contributed by atoms with van der Waals surface area (Å²) in [5.74, 6) is 2.77. The van der Waals surface area contributed by atoms with E-state index in [4.69, 9.17) is 4.98 Å². The Balaban J connectivity index is 2.01. The van der Waals surface area contributed by atoms with E-state index in [0.717, 1.165) is 30.4 Å². The van der Waals surface area contributed by atoms with Gasteiger partial charge in [0.25, 0.3) is 0 Å². The molecule has 0 radical (unpaired) electrons. The largest absolute Gasteiger partial charge is 0.394 e. The van der Waals surface area contributed by atoms with Crippen molar-refractivity contribution in [2.24, 2.45) is 0 Å². The number of anilines is 2. The third kappa shape index (κ3) is 3.83. The molecule has 5 heteroatoms. The van der Waals surface area contributed by atoms with Crippen molar-refractivity contribution in [3.8, 4) is 0 Å². The lowest BCUT2D eigenvalue weighted by atomic mass is 9.85. The number of hydrogen-bond acceptors (Lipinski definition) is 5. The van der Waals surface area contributed by atoms with Crippen LogP contribution in [0.3, 0.4) is 0 Å². The van der Waals surface area contributed by atoms with Gasteiger partial charge in [0.2, 0.25) is 0 Å². The molecule has 0 amide bonds. The lowest BCUT2D eigenvalue weighted by Crippen LogP contribution is -2.49. The fourth-order valence-electron chi connectivity index (χ4n) is 3.44. The number of nitrogens with one attached hydrogen (secondary N) is 1. The summed E-state index contributed by atoms with van der Waals surface area (Å²) in [4.78, 5) is 11.9. The molecule has 2 N–H and O–H groups in total. The minimum absolute atomic E-state index is 0.0309. The molecule has 26 heavy (non-hydrogen) atoms. The molecule has 5 nitrogen and oxygen atoms in total. The van der Waals surface area contributed by atoms with Crippen LogP contribution in [0.15, 0.2) is 30.3 Å². The van der Waals surface area contributed by atoms with Crippen molar-refractivity contribution in [2.45, 2.75) is 65.1 Å². The molecular formula is C21H30N4O. The number of aliphatic hydroxyl groups excluding tert-OH is 1. The molecule has 0 saturated carbocycles. The van der Waals surface area contributed by atoms with Crippen molar-refractivity contribution < 1.29 is 5.11 Å². The van der Waals surface area contributed by atoms with E-state index in [1.165, 1.54) is 11.1 Å². The number of aliphatic hydroxyl groups is 1. The zero-order valence-electron chi connectivity index (χ0n) is 16.5. The Morgan fingerprint density at radius 1 is 1.15 bits per heavy atom. The second-order valence-electron chi connectivity index (χ2n) is 8.20. The zero-order valence-corrected chi connectivity index (χ0v) is 16.5. The fourth-order valence-corrected chi connectivity index (χ4v) is 3.44. The van der Waals surface area contributed by atoms with Gasteiger partial charge in [0.05, 0.1) is 6.61 Å². The number of aromatic nitrogens is 2. The minimum Gasteiger partial charge on any atom is -0.394 e. The van der Waals surface area contributed by atoms with Crippen molar-refractivity contribution in [2.75, 3.05) is 16.8 Å². The number of fused-ring (bicyclic) bond motifs is 1. The molecule has 1 aliphatic heterocycles. The maximum atomic E-state index is 9.37. The first-order valence-electron chi connectivity index (χ1n) is 9.41. The van der Waals surface area contributed by atoms with E-state index in [-0.39, 0.29) is 24.1 Å². The van der Waals surface area contributed by atoms with Crippen LogP contribution >= 0.6 is 0 Å². The Hall–Kier alpha value is -2.14. The highest BCUT2D eigenvalue weighted by atomic mass is 16.3. The predicted molar refractivity (Wildman–Crippen MR) is 107 cm³/mol. The number of hydrogen-bond donors (Lipinski definition) is 2. The van der Waals surface area contributed by atoms with E-state index >= 15 is 0 Å². The topological polar surface area (TPSA) is 61.3 Å². The lowest BCUT2D eigenvalue weighted by Gasteiger charge is -2.44. The van der Waals surface area contributed by atoms with Gasteiger partial charge >= 0.3 is 0 Å². The summed E-state index contributed by atoms with van der Waals surface area (Å²) in [7, 11) is 0. The maximum Gasteiger partial charge on any atom is 0.135 e. The van der Waals surface area contributed by atoms with Gasteiger partial charge in [0.1, 0.15) is 17.5 Å². The van der Waals surface area contributed by atoms with Crippen molar-refractivity contribution in [3.05, 3.63) is 47.3 Å². The second-order valence-corrected chi connectivity index (χ2v) is 8.20. The molecule has 1 aromatic carbocycles. The molecule has 0 spiro atoms. The van der Waals surface area contributed by atoms with Crippen molar-refractivity contribution in [3.63, 3.8) is 0 Å². The van der Waals surface area contributed by atoms with Crippen LogP contribution in [0.25, 0.3) is 0 Å². The van der Waals surface area contributed by atoms with E-state index in [1.807, 2.05) is 13.0 Å². The second kappa shape index (κ2) is 7.23. The average Bonchev–Trinajstić information content (AvgIpc) is 2.59. The van der Waals surface area contributed by atoms with Crippen LogP contribution in [0.4, 0.5) is 11.6 Å². The molecule has 0 aliphatic carbocycles. The Bertz CT molecular complexity index is 772. The van der Waals surface area contributed by atoms with Crippen molar-refractivity contribution in [1.29, 1.82) is 0 Å². The quantitative estimate of drug-likeness (QED) is 0.857. The molecule has 2 aromatic rings. The SMILES string of the molecule is CC(C)c1nc(N[C@@H](C)CO)cc(N2Cc3ccccc3CC2(C)C)n1. The van der Waals surface area contributed by atoms with Gasteiger partial charge in [-0.05, 0) is 38.3 Å². The molecular weight excluding hydrogens is 324 g/mol. The van der Waals surface area contributed by atoms with Gasteiger partial charge in [-0.1, -0.05) is 38.1 Å². The van der Waals surface area contributed by atoms with Gasteiger partial charge < -0.3 is 15.3 Å². The average molecular weight is 354 g/mol. The van der Waals surface area contributed by atoms with Crippen LogP contribution in [0.5, 0.6) is 0 Å². The standard InChI is InChI=1S/C21H30N4O/c1-14(2)20-23-18(22-15(3)13-26)10-19(24-20)25-12-17-9-7-6-8-16(17)11-21(25,4)5/h6-10,14-15,26H,11-13H2,1-5H3,(H,22,23,24)/t15-/m0/s1. The smallest absolute Gasteiger partial charge is 0.135 e. The van der Waals surface area contributed by atoms with E-state index in [2.05, 4.69) is 67.2 Å². The van der Waals surface area contributed by atoms with Gasteiger partial charge in [-0.3, -0.25) is 0 Å². The molecule has 2 heterocycles. The summed E-state index contributed by atoms with van der Waals surface area (Å²) >= 11 is 0. The highest BCUT2D eigenvalue weighted by Gasteiger charge is 2.34. The first-order valence-corrected chi connectivity index (χ1v) is 9.41. The molecule has 1 aromatic heterocycles. The van der Waals surface area contributed by atoms with Crippen LogP contribution < -0.4 is 10.2 Å². The molecule has 0 saturated heterocycles. The molecule has 0 fully saturated rings. The molecule has 0 unspecified atom stereocenters. The molecule has 1 atom stereocenters. The van der Waals surface area contributed by atoms with Crippen LogP contribution in [0, 0.1) is 0 Å². The Kier molecular flexibility index (Phi) is 5.19. The number of benzene rings is 1. The highest BCUT2D eigenvalue weighted by Crippen LogP contribution is 2.35. The Labute approximate surface area is 156 Å². The Morgan fingerprint density at radius 3 is 2.50 bits per heavy atom. The molecule has 0 bridgehead atoms. The Morgan fingerprint density at radius 2 is 1.85 bits per heavy atom. The van der Waals surface area contributed by atoms with Crippen LogP contribution in [0.1, 0.15) is 57.5 Å². The highest BCUT2D eigenvalue weighted by molar-refractivity contribution is 5.54. The third-order valence-electron chi connectivity index (χ3n) is 4.99. The van der Waals surface area contributed by atoms with Crippen molar-refractivity contribution >= 4 is 11.6 Å². The summed E-state index contributed by atoms with van der Waals surface area (Å²) < 4.78 is 0. The fraction of sp³-hybridized carbons (Fsp3) is 0.524. The minimum atomic E-state index is -0.0483. The number of rotatable bonds is 5. The zero-order chi connectivity index (χ0) is 18.9. The molecule has 1 aliphatic rings. The van der Waals surface area contributed by atoms with E-state index < -0.39 is 0 Å². The molecule has 3 rings (SSSR count). The lowest BCUT2D eigenvalue weighted by molar-refractivity contribution is 0.281. The summed E-state index contributed by atoms with van der Waals surface area (Å²) in [6, 6.07) is 10.6. The van der Waals surface area contributed by atoms with Gasteiger partial charge in [-0.15, -0.1) is 0 Å². The van der Waals surface area contributed by atoms with Gasteiger partial charge in [0, 0.05) is 30.1 Å². The van der Waals surface area contributed by atoms with E-state index in [1.54, 1.807) is 0 Å². The van der Waals surface area contributed by atoms with E-state index in [9.17, 15) is 5.11 Å². The number of nitrogens with zero attached hydrogens (tertiary/aromatic N) is 3. The third-order valence-corrected chi connectivity index (χ3v) is 4.99. The summed E-state index contributed by atoms with van der Waals surface area (Å²) in [5.41, 5.74) is 2.74. The maximum absolute atomic E-state index is 9.37. The monoisotopic (exact) mass is 354 g/mol. The normalized spacial score (nSPS) is 17.1. The van der Waals surface area contributed by atoms with Crippen LogP contribution in [0.2, 0.25) is 0 Å². The van der Waals surface area contributed by atoms with Crippen LogP contribution in [-0.4, -0.2) is 33.3 Å². The van der Waals surface area contributed by atoms with Gasteiger partial charge in [-0.2, -0.15) is 0 Å². The summed E-state index contributed by atoms with van der Waals surface area (Å²) in [5, 5.41) is 12.7. The van der Waals surface area contributed by atoms with Gasteiger partial charge in [0.15, 0.2) is 0 Å². The summed E-state index contributed by atoms with van der Waals surface area (Å²) in [6.07, 6.45) is 0.986. The molecule has 140 valence electrons. The van der Waals surface area contributed by atoms with Crippen molar-refractivity contribution in [1.82, 2.24) is 9.97 Å². The first-order chi connectivity index (χ1) is 12.3. The van der Waals surface area contributed by atoms with Crippen LogP contribution in [-0.2, 0) is 13.0 Å². The summed E-state index contributed by atoms with van der Waals surface area (Å²) in [6.45, 7) is 11.6. The first kappa shape index (κ1) is 18.6. The van der Waals surface area contributed by atoms with E-state index in [0.29, 0.717) is 0 Å². The predicted octanol–water partition coefficient (Wildman–Crippen LogP) is 3.73.